The Morgan fingerprint density at radius 3 is 2.94 bits per heavy atom. The highest BCUT2D eigenvalue weighted by atomic mass is 16.5. The lowest BCUT2D eigenvalue weighted by atomic mass is 9.84. The molecule has 34 heavy (non-hydrogen) atoms. The summed E-state index contributed by atoms with van der Waals surface area (Å²) >= 11 is 0. The summed E-state index contributed by atoms with van der Waals surface area (Å²) < 4.78 is 8.04. The lowest BCUT2D eigenvalue weighted by Gasteiger charge is -2.32. The maximum Gasteiger partial charge on any atom is 0.120 e. The summed E-state index contributed by atoms with van der Waals surface area (Å²) in [7, 11) is 2.02. The van der Waals surface area contributed by atoms with Crippen molar-refractivity contribution in [3.63, 3.8) is 0 Å². The summed E-state index contributed by atoms with van der Waals surface area (Å²) in [6, 6.07) is 15.3. The first-order valence-electron chi connectivity index (χ1n) is 12.6. The van der Waals surface area contributed by atoms with Crippen molar-refractivity contribution in [3.05, 3.63) is 65.1 Å². The van der Waals surface area contributed by atoms with Gasteiger partial charge in [-0.3, -0.25) is 15.2 Å². The minimum absolute atomic E-state index is 0. The predicted molar refractivity (Wildman–Crippen MR) is 136 cm³/mol. The molecule has 2 aromatic heterocycles. The van der Waals surface area contributed by atoms with E-state index in [1.165, 1.54) is 60.9 Å². The molecule has 2 aliphatic rings. The number of ether oxygens (including phenoxy) is 1. The Kier molecular flexibility index (Phi) is 7.24. The van der Waals surface area contributed by atoms with E-state index in [0.717, 1.165) is 36.6 Å². The van der Waals surface area contributed by atoms with Crippen LogP contribution in [-0.2, 0) is 31.4 Å². The molecule has 1 N–H and O–H groups in total. The number of aromatic nitrogens is 2. The highest BCUT2D eigenvalue weighted by molar-refractivity contribution is 5.81. The smallest absolute Gasteiger partial charge is 0.120 e. The van der Waals surface area contributed by atoms with E-state index in [2.05, 4.69) is 50.1 Å². The van der Waals surface area contributed by atoms with Crippen molar-refractivity contribution in [3.8, 4) is 6.07 Å². The van der Waals surface area contributed by atoms with Crippen LogP contribution in [-0.4, -0.2) is 40.3 Å². The van der Waals surface area contributed by atoms with Gasteiger partial charge in [-0.05, 0) is 73.9 Å². The minimum atomic E-state index is 0. The van der Waals surface area contributed by atoms with E-state index < -0.39 is 0 Å². The molecule has 5 rings (SSSR count). The molecule has 0 amide bonds. The largest absolute Gasteiger partial charge is 0.362 e. The van der Waals surface area contributed by atoms with Crippen molar-refractivity contribution in [1.82, 2.24) is 19.8 Å². The summed E-state index contributed by atoms with van der Waals surface area (Å²) in [4.78, 5) is 7.00. The number of hydrogen-bond donors (Lipinski definition) is 1. The molecule has 0 radical (unpaired) electrons. The van der Waals surface area contributed by atoms with Gasteiger partial charge in [0.25, 0.3) is 0 Å². The van der Waals surface area contributed by atoms with Crippen molar-refractivity contribution in [2.75, 3.05) is 19.8 Å². The van der Waals surface area contributed by atoms with E-state index in [0.29, 0.717) is 19.4 Å². The average Bonchev–Trinajstić information content (AvgIpc) is 3.21. The van der Waals surface area contributed by atoms with E-state index in [1.807, 2.05) is 25.4 Å². The number of benzene rings is 1. The summed E-state index contributed by atoms with van der Waals surface area (Å²) in [6.07, 6.45) is 9.25. The average molecular weight is 460 g/mol. The molecule has 1 aromatic carbocycles. The number of nitrogens with one attached hydrogen (secondary N) is 1. The van der Waals surface area contributed by atoms with Gasteiger partial charge in [0.15, 0.2) is 0 Å². The summed E-state index contributed by atoms with van der Waals surface area (Å²) in [6.45, 7) is 4.48. The Labute approximate surface area is 204 Å². The van der Waals surface area contributed by atoms with E-state index >= 15 is 0 Å². The van der Waals surface area contributed by atoms with Crippen molar-refractivity contribution in [1.29, 1.82) is 5.26 Å². The van der Waals surface area contributed by atoms with Gasteiger partial charge >= 0.3 is 0 Å². The molecule has 0 atom stereocenters. The maximum atomic E-state index is 9.29. The van der Waals surface area contributed by atoms with Gasteiger partial charge in [0.05, 0.1) is 18.9 Å². The first kappa shape index (κ1) is 23.0. The van der Waals surface area contributed by atoms with Crippen molar-refractivity contribution in [2.45, 2.75) is 57.7 Å². The van der Waals surface area contributed by atoms with E-state index in [9.17, 15) is 5.26 Å². The fourth-order valence-electron chi connectivity index (χ4n) is 5.70. The van der Waals surface area contributed by atoms with Gasteiger partial charge in [0, 0.05) is 51.3 Å². The van der Waals surface area contributed by atoms with E-state index in [1.54, 1.807) is 0 Å². The second-order valence-corrected chi connectivity index (χ2v) is 9.89. The van der Waals surface area contributed by atoms with Crippen molar-refractivity contribution < 1.29 is 6.16 Å². The molecule has 0 saturated heterocycles. The fourth-order valence-corrected chi connectivity index (χ4v) is 5.70. The molecule has 1 aliphatic heterocycles. The monoisotopic (exact) mass is 459 g/mol. The third-order valence-corrected chi connectivity index (χ3v) is 7.79. The number of fused-ring (bicyclic) bond motifs is 2. The molecule has 3 aromatic rings. The van der Waals surface area contributed by atoms with E-state index in [4.69, 9.17) is 4.74 Å². The van der Waals surface area contributed by atoms with Crippen LogP contribution >= 0.6 is 0 Å². The Balaban J connectivity index is 0.00000289. The van der Waals surface area contributed by atoms with E-state index in [-0.39, 0.29) is 1.43 Å². The number of hydrogen-bond acceptors (Lipinski definition) is 5. The summed E-state index contributed by atoms with van der Waals surface area (Å²) in [5.74, 6) is 0.828. The molecule has 1 aliphatic carbocycles. The van der Waals surface area contributed by atoms with Crippen LogP contribution in [0.1, 0.15) is 56.0 Å². The number of pyridine rings is 1. The molecule has 6 heteroatoms. The quantitative estimate of drug-likeness (QED) is 0.389. The molecule has 0 bridgehead atoms. The van der Waals surface area contributed by atoms with Gasteiger partial charge in [-0.15, -0.1) is 0 Å². The molecule has 0 unspecified atom stereocenters. The Bertz CT molecular complexity index is 1160. The standard InChI is InChI=1S/C28H35N5O.H2/c1-32-25(17-29)16-23-18-33(15-12-28(23)32)14-11-21-7-9-24(10-8-21)31-20-34-19-22-4-2-6-27-26(22)5-3-13-30-27;/h2-6,13,16,21,24,31H,7-12,14-15,18-20H2,1H3;1H. The lowest BCUT2D eigenvalue weighted by Crippen LogP contribution is -2.36. The Hall–Kier alpha value is -2.72. The first-order valence-corrected chi connectivity index (χ1v) is 12.6. The van der Waals surface area contributed by atoms with Crippen LogP contribution in [0, 0.1) is 17.2 Å². The van der Waals surface area contributed by atoms with Crippen LogP contribution in [0.2, 0.25) is 0 Å². The number of nitrogens with zero attached hydrogens (tertiary/aromatic N) is 4. The second-order valence-electron chi connectivity index (χ2n) is 9.89. The minimum Gasteiger partial charge on any atom is -0.362 e. The molecular formula is C28H37N5O. The SMILES string of the molecule is Cn1c(C#N)cc2c1CCN(CCC1CCC(NCOCc3cccc4ncccc34)CC1)C2.[HH]. The highest BCUT2D eigenvalue weighted by Crippen LogP contribution is 2.28. The zero-order valence-electron chi connectivity index (χ0n) is 20.2. The van der Waals surface area contributed by atoms with Crippen molar-refractivity contribution >= 4 is 10.9 Å². The Morgan fingerprint density at radius 2 is 2.09 bits per heavy atom. The van der Waals surface area contributed by atoms with Gasteiger partial charge in [-0.2, -0.15) is 5.26 Å². The van der Waals surface area contributed by atoms with Crippen LogP contribution < -0.4 is 5.32 Å². The zero-order valence-corrected chi connectivity index (χ0v) is 20.2. The third kappa shape index (κ3) is 5.17. The zero-order chi connectivity index (χ0) is 23.3. The summed E-state index contributed by atoms with van der Waals surface area (Å²) in [5, 5.41) is 14.1. The fraction of sp³-hybridized carbons (Fsp3) is 0.500. The van der Waals surface area contributed by atoms with Crippen LogP contribution in [0.3, 0.4) is 0 Å². The van der Waals surface area contributed by atoms with Gasteiger partial charge < -0.3 is 9.30 Å². The molecule has 3 heterocycles. The summed E-state index contributed by atoms with van der Waals surface area (Å²) in [5.41, 5.74) is 5.70. The molecular weight excluding hydrogens is 422 g/mol. The maximum absolute atomic E-state index is 9.29. The lowest BCUT2D eigenvalue weighted by molar-refractivity contribution is 0.0879. The topological polar surface area (TPSA) is 66.1 Å². The first-order chi connectivity index (χ1) is 16.7. The molecule has 1 fully saturated rings. The van der Waals surface area contributed by atoms with Crippen molar-refractivity contribution in [2.24, 2.45) is 13.0 Å². The van der Waals surface area contributed by atoms with Crippen LogP contribution in [0.25, 0.3) is 10.9 Å². The van der Waals surface area contributed by atoms with Gasteiger partial charge in [0.1, 0.15) is 11.8 Å². The van der Waals surface area contributed by atoms with Gasteiger partial charge in [-0.25, -0.2) is 0 Å². The van der Waals surface area contributed by atoms with Gasteiger partial charge in [-0.1, -0.05) is 18.2 Å². The van der Waals surface area contributed by atoms with Crippen LogP contribution in [0.4, 0.5) is 0 Å². The molecule has 0 spiro atoms. The number of rotatable bonds is 8. The van der Waals surface area contributed by atoms with Gasteiger partial charge in [0.2, 0.25) is 0 Å². The normalized spacial score (nSPS) is 20.8. The second kappa shape index (κ2) is 10.7. The molecule has 180 valence electrons. The Morgan fingerprint density at radius 1 is 1.21 bits per heavy atom. The third-order valence-electron chi connectivity index (χ3n) is 7.79. The van der Waals surface area contributed by atoms with Crippen LogP contribution in [0.15, 0.2) is 42.6 Å². The highest BCUT2D eigenvalue weighted by Gasteiger charge is 2.24. The number of nitriles is 1. The van der Waals surface area contributed by atoms with Crippen LogP contribution in [0.5, 0.6) is 0 Å². The molecule has 6 nitrogen and oxygen atoms in total. The molecule has 1 saturated carbocycles. The predicted octanol–water partition coefficient (Wildman–Crippen LogP) is 4.76.